The molecule has 1 aromatic heterocycles. The molecule has 5 atom stereocenters. The average molecular weight is 702 g/mol. The molecule has 4 fully saturated rings. The highest BCUT2D eigenvalue weighted by molar-refractivity contribution is 8.26. The number of unbranched alkanes of at least 4 members (excludes halogenated alkanes) is 2. The summed E-state index contributed by atoms with van der Waals surface area (Å²) in [6, 6.07) is 7.63. The number of ether oxygens (including phenoxy) is 3. The third-order valence-corrected chi connectivity index (χ3v) is 11.5. The number of benzene rings is 1. The second kappa shape index (κ2) is 14.5. The van der Waals surface area contributed by atoms with Crippen molar-refractivity contribution in [3.8, 4) is 22.8 Å². The molecule has 1 saturated heterocycles. The van der Waals surface area contributed by atoms with Crippen LogP contribution in [-0.4, -0.2) is 92.3 Å². The first-order chi connectivity index (χ1) is 23.0. The molecule has 11 nitrogen and oxygen atoms in total. The third kappa shape index (κ3) is 7.17. The summed E-state index contributed by atoms with van der Waals surface area (Å²) in [6.07, 6.45) is 3.84. The normalized spacial score (nSPS) is 30.8. The second-order valence-electron chi connectivity index (χ2n) is 13.4. The highest BCUT2D eigenvalue weighted by atomic mass is 32.2. The molecular weight excluding hydrogens is 659 g/mol. The maximum Gasteiger partial charge on any atom is 0.338 e. The first-order valence-electron chi connectivity index (χ1n) is 16.6. The Morgan fingerprint density at radius 3 is 2.38 bits per heavy atom. The summed E-state index contributed by atoms with van der Waals surface area (Å²) in [5.74, 6) is 2.61. The maximum absolute atomic E-state index is 13.7. The predicted molar refractivity (Wildman–Crippen MR) is 182 cm³/mol. The van der Waals surface area contributed by atoms with Gasteiger partial charge in [-0.05, 0) is 80.5 Å². The number of carbonyl (C=O) groups is 2. The summed E-state index contributed by atoms with van der Waals surface area (Å²) >= 11 is 7.03. The van der Waals surface area contributed by atoms with Crippen LogP contribution in [0.5, 0.6) is 11.5 Å². The quantitative estimate of drug-likeness (QED) is 0.108. The molecule has 4 N–H and O–H groups in total. The molecule has 3 aliphatic carbocycles. The van der Waals surface area contributed by atoms with Gasteiger partial charge in [-0.3, -0.25) is 9.69 Å². The molecule has 1 aromatic carbocycles. The van der Waals surface area contributed by atoms with E-state index >= 15 is 0 Å². The summed E-state index contributed by atoms with van der Waals surface area (Å²) in [6.45, 7) is 0.0501. The third-order valence-electron chi connectivity index (χ3n) is 10.2. The zero-order chi connectivity index (χ0) is 34.2. The molecule has 1 aliphatic heterocycles. The van der Waals surface area contributed by atoms with Gasteiger partial charge in [-0.2, -0.15) is 0 Å². The number of aliphatic hydroxyl groups excluding tert-OH is 3. The molecule has 13 heteroatoms. The zero-order valence-electron chi connectivity index (χ0n) is 27.1. The van der Waals surface area contributed by atoms with Gasteiger partial charge < -0.3 is 39.1 Å². The number of thiocarbonyl (C=S) groups is 1. The van der Waals surface area contributed by atoms with Crippen LogP contribution < -0.4 is 9.47 Å². The van der Waals surface area contributed by atoms with Crippen molar-refractivity contribution < 1.29 is 48.6 Å². The van der Waals surface area contributed by atoms with E-state index in [2.05, 4.69) is 0 Å². The van der Waals surface area contributed by atoms with Crippen LogP contribution in [0.4, 0.5) is 0 Å². The molecule has 0 spiro atoms. The van der Waals surface area contributed by atoms with E-state index in [0.29, 0.717) is 63.3 Å². The first kappa shape index (κ1) is 34.9. The maximum atomic E-state index is 13.7. The van der Waals surface area contributed by atoms with Crippen molar-refractivity contribution in [2.45, 2.75) is 94.2 Å². The van der Waals surface area contributed by atoms with E-state index in [9.17, 15) is 30.0 Å². The van der Waals surface area contributed by atoms with E-state index < -0.39 is 42.7 Å². The number of hydrogen-bond donors (Lipinski definition) is 4. The van der Waals surface area contributed by atoms with Crippen molar-refractivity contribution in [2.75, 3.05) is 20.8 Å². The van der Waals surface area contributed by atoms with Crippen LogP contribution >= 0.6 is 24.0 Å². The molecule has 0 radical (unpaired) electrons. The van der Waals surface area contributed by atoms with Gasteiger partial charge in [-0.25, -0.2) is 4.79 Å². The molecule has 48 heavy (non-hydrogen) atoms. The van der Waals surface area contributed by atoms with E-state index in [0.717, 1.165) is 30.4 Å². The molecule has 2 heterocycles. The number of carbonyl (C=O) groups excluding carboxylic acids is 2. The van der Waals surface area contributed by atoms with Gasteiger partial charge in [-0.15, -0.1) is 0 Å². The minimum Gasteiger partial charge on any atom is -0.497 e. The van der Waals surface area contributed by atoms with Crippen molar-refractivity contribution in [1.82, 2.24) is 4.90 Å². The summed E-state index contributed by atoms with van der Waals surface area (Å²) in [7, 11) is 3.17. The Balaban J connectivity index is 1.13. The number of nitrogens with zero attached hydrogens (tertiary/aromatic N) is 1. The minimum absolute atomic E-state index is 0.0501. The van der Waals surface area contributed by atoms with Gasteiger partial charge in [0.15, 0.2) is 5.60 Å². The number of furan rings is 1. The Morgan fingerprint density at radius 2 is 1.75 bits per heavy atom. The van der Waals surface area contributed by atoms with E-state index in [-0.39, 0.29) is 18.6 Å². The molecule has 2 aromatic rings. The molecule has 3 unspecified atom stereocenters. The number of aryl methyl sites for hydroxylation is 1. The lowest BCUT2D eigenvalue weighted by Gasteiger charge is -2.38. The van der Waals surface area contributed by atoms with Crippen LogP contribution in [-0.2, 0) is 20.7 Å². The summed E-state index contributed by atoms with van der Waals surface area (Å²) in [5.41, 5.74) is -0.384. The van der Waals surface area contributed by atoms with Crippen molar-refractivity contribution >= 4 is 46.3 Å². The molecule has 3 saturated carbocycles. The number of hydrogen-bond acceptors (Lipinski definition) is 12. The van der Waals surface area contributed by atoms with Crippen LogP contribution in [0.3, 0.4) is 0 Å². The fourth-order valence-electron chi connectivity index (χ4n) is 7.60. The van der Waals surface area contributed by atoms with Crippen molar-refractivity contribution in [2.24, 2.45) is 11.8 Å². The number of rotatable bonds is 12. The first-order valence-corrected chi connectivity index (χ1v) is 17.8. The highest BCUT2D eigenvalue weighted by Gasteiger charge is 2.50. The summed E-state index contributed by atoms with van der Waals surface area (Å²) in [4.78, 5) is 28.6. The lowest BCUT2D eigenvalue weighted by Crippen LogP contribution is -2.56. The van der Waals surface area contributed by atoms with Gasteiger partial charge in [-0.1, -0.05) is 30.4 Å². The van der Waals surface area contributed by atoms with E-state index in [1.807, 2.05) is 23.1 Å². The number of esters is 1. The minimum atomic E-state index is -2.05. The Bertz CT molecular complexity index is 1540. The Labute approximate surface area is 289 Å². The Kier molecular flexibility index (Phi) is 10.5. The SMILES string of the molecule is COc1cc(OC)cc(-c2cc(CCCCCOC(=O)C3(O)C[C@@H](O)C(O)[C@H](O)C3)c(/C=C3\SC(=S)N(C4CC5CCC4C5)C3=O)o2)c1. The van der Waals surface area contributed by atoms with Crippen LogP contribution in [0, 0.1) is 11.8 Å². The van der Waals surface area contributed by atoms with Crippen LogP contribution in [0.15, 0.2) is 33.6 Å². The lowest BCUT2D eigenvalue weighted by molar-refractivity contribution is -0.192. The molecule has 1 amide bonds. The van der Waals surface area contributed by atoms with Gasteiger partial charge in [0, 0.05) is 36.6 Å². The standard InChI is InChI=1S/C35H43NO10S2/c1-43-23-12-22(13-24(15-23)44-2)28-14-21(6-4-3-5-9-45-33(41)35(42)17-26(37)31(39)27(38)18-35)29(46-28)16-30-32(40)36(34(47)48-30)25-11-19-7-8-20(25)10-19/h12-16,19-20,25-27,31,37-39,42H,3-11,17-18H2,1-2H3/b30-16-/t19?,20?,25?,26-,27-,31?,35?/m1/s1. The van der Waals surface area contributed by atoms with Gasteiger partial charge in [0.2, 0.25) is 0 Å². The molecule has 260 valence electrons. The van der Waals surface area contributed by atoms with E-state index in [1.54, 1.807) is 26.4 Å². The van der Waals surface area contributed by atoms with Crippen molar-refractivity contribution in [1.29, 1.82) is 0 Å². The van der Waals surface area contributed by atoms with E-state index in [1.165, 1.54) is 24.6 Å². The number of thioether (sulfide) groups is 1. The number of fused-ring (bicyclic) bond motifs is 2. The van der Waals surface area contributed by atoms with Crippen LogP contribution in [0.1, 0.15) is 69.1 Å². The Hall–Kier alpha value is -2.94. The molecule has 2 bridgehead atoms. The van der Waals surface area contributed by atoms with Gasteiger partial charge in [0.25, 0.3) is 5.91 Å². The van der Waals surface area contributed by atoms with E-state index in [4.69, 9.17) is 30.8 Å². The zero-order valence-corrected chi connectivity index (χ0v) is 28.8. The van der Waals surface area contributed by atoms with Gasteiger partial charge in [0.05, 0.1) is 37.9 Å². The average Bonchev–Trinajstić information content (AvgIpc) is 3.85. The largest absolute Gasteiger partial charge is 0.497 e. The summed E-state index contributed by atoms with van der Waals surface area (Å²) < 4.78 is 23.2. The van der Waals surface area contributed by atoms with Crippen LogP contribution in [0.25, 0.3) is 17.4 Å². The molecule has 6 rings (SSSR count). The number of aliphatic hydroxyl groups is 4. The Morgan fingerprint density at radius 1 is 1.04 bits per heavy atom. The smallest absolute Gasteiger partial charge is 0.338 e. The van der Waals surface area contributed by atoms with Gasteiger partial charge in [0.1, 0.15) is 33.4 Å². The van der Waals surface area contributed by atoms with Crippen molar-refractivity contribution in [3.05, 3.63) is 40.5 Å². The van der Waals surface area contributed by atoms with Crippen LogP contribution in [0.2, 0.25) is 0 Å². The van der Waals surface area contributed by atoms with Crippen molar-refractivity contribution in [3.63, 3.8) is 0 Å². The monoisotopic (exact) mass is 701 g/mol. The predicted octanol–water partition coefficient (Wildman–Crippen LogP) is 4.22. The number of methoxy groups -OCH3 is 2. The highest BCUT2D eigenvalue weighted by Crippen LogP contribution is 2.49. The second-order valence-corrected chi connectivity index (χ2v) is 15.1. The van der Waals surface area contributed by atoms with Gasteiger partial charge >= 0.3 is 5.97 Å². The topological polar surface area (TPSA) is 159 Å². The fourth-order valence-corrected chi connectivity index (χ4v) is 8.94. The summed E-state index contributed by atoms with van der Waals surface area (Å²) in [5, 5.41) is 40.2. The number of amides is 1. The lowest BCUT2D eigenvalue weighted by atomic mass is 9.80. The molecular formula is C35H43NO10S2. The fraction of sp³-hybridized carbons (Fsp3) is 0.571. The molecule has 4 aliphatic rings.